The van der Waals surface area contributed by atoms with E-state index in [1.165, 1.54) is 6.92 Å². The average Bonchev–Trinajstić information content (AvgIpc) is 1.63. The number of carbonyl (C=O) groups is 2. The number of ether oxygens (including phenoxy) is 1. The van der Waals surface area contributed by atoms with Gasteiger partial charge in [-0.2, -0.15) is 0 Å². The normalized spacial score (nSPS) is 12.2. The van der Waals surface area contributed by atoms with E-state index in [2.05, 4.69) is 10.5 Å². The molecule has 5 nitrogen and oxygen atoms in total. The molecule has 0 radical (unpaired) electrons. The number of esters is 1. The van der Waals surface area contributed by atoms with E-state index in [0.717, 1.165) is 0 Å². The molecule has 5 heteroatoms. The highest BCUT2D eigenvalue weighted by atomic mass is 16.6. The van der Waals surface area contributed by atoms with Crippen molar-refractivity contribution < 1.29 is 14.3 Å². The zero-order chi connectivity index (χ0) is 7.44. The number of hydrogen-bond acceptors (Lipinski definition) is 4. The Kier molecular flexibility index (Phi) is 2.66. The van der Waals surface area contributed by atoms with Gasteiger partial charge >= 0.3 is 12.1 Å². The Bertz CT molecular complexity index is 132. The number of hydrogen-bond donors (Lipinski definition) is 2. The summed E-state index contributed by atoms with van der Waals surface area (Å²) in [5, 5.41) is 0. The van der Waals surface area contributed by atoms with E-state index in [1.54, 1.807) is 0 Å². The van der Waals surface area contributed by atoms with Crippen LogP contribution in [0.1, 0.15) is 6.92 Å². The van der Waals surface area contributed by atoms with E-state index in [9.17, 15) is 9.59 Å². The second-order valence-electron chi connectivity index (χ2n) is 1.53. The van der Waals surface area contributed by atoms with Gasteiger partial charge in [0, 0.05) is 0 Å². The van der Waals surface area contributed by atoms with Gasteiger partial charge in [-0.05, 0) is 6.92 Å². The quantitative estimate of drug-likeness (QED) is 0.351. The minimum absolute atomic E-state index is 0.808. The van der Waals surface area contributed by atoms with Gasteiger partial charge in [0.25, 0.3) is 0 Å². The molecule has 0 aliphatic heterocycles. The first-order chi connectivity index (χ1) is 4.04. The summed E-state index contributed by atoms with van der Waals surface area (Å²) in [6, 6.07) is -0.808. The molecule has 0 aliphatic carbocycles. The van der Waals surface area contributed by atoms with Crippen LogP contribution in [0.2, 0.25) is 0 Å². The van der Waals surface area contributed by atoms with Crippen molar-refractivity contribution >= 4 is 12.1 Å². The van der Waals surface area contributed by atoms with Crippen molar-refractivity contribution in [3.05, 3.63) is 0 Å². The van der Waals surface area contributed by atoms with Crippen LogP contribution >= 0.6 is 0 Å². The van der Waals surface area contributed by atoms with Crippen LogP contribution in [0.25, 0.3) is 0 Å². The first-order valence-electron chi connectivity index (χ1n) is 2.30. The molecule has 0 spiro atoms. The number of rotatable bonds is 1. The zero-order valence-electron chi connectivity index (χ0n) is 4.96. The lowest BCUT2D eigenvalue weighted by molar-refractivity contribution is -0.138. The summed E-state index contributed by atoms with van der Waals surface area (Å²) >= 11 is 0. The third-order valence-corrected chi connectivity index (χ3v) is 0.573. The van der Waals surface area contributed by atoms with E-state index in [4.69, 9.17) is 5.73 Å². The van der Waals surface area contributed by atoms with Crippen LogP contribution in [-0.2, 0) is 9.53 Å². The fraction of sp³-hybridized carbons (Fsp3) is 0.500. The standard InChI is InChI=1S/C4H8N2O3/c1-2(5)3(7)9-4(6)8/h2H,5H2,1H3,(H2,6,8)/t2-/m1/s1. The van der Waals surface area contributed by atoms with E-state index in [-0.39, 0.29) is 0 Å². The maximum atomic E-state index is 10.3. The summed E-state index contributed by atoms with van der Waals surface area (Å²) in [6.07, 6.45) is -1.13. The predicted octanol–water partition coefficient (Wildman–Crippen LogP) is -1.04. The third-order valence-electron chi connectivity index (χ3n) is 0.573. The van der Waals surface area contributed by atoms with E-state index < -0.39 is 18.1 Å². The van der Waals surface area contributed by atoms with Crippen molar-refractivity contribution in [1.82, 2.24) is 0 Å². The molecule has 0 unspecified atom stereocenters. The maximum Gasteiger partial charge on any atom is 0.412 e. The van der Waals surface area contributed by atoms with Crippen molar-refractivity contribution in [3.8, 4) is 0 Å². The monoisotopic (exact) mass is 132 g/mol. The van der Waals surface area contributed by atoms with Crippen LogP contribution in [0.5, 0.6) is 0 Å². The van der Waals surface area contributed by atoms with Gasteiger partial charge in [0.1, 0.15) is 6.04 Å². The molecular weight excluding hydrogens is 124 g/mol. The van der Waals surface area contributed by atoms with Gasteiger partial charge in [-0.25, -0.2) is 9.59 Å². The summed E-state index contributed by atoms with van der Waals surface area (Å²) < 4.78 is 3.89. The van der Waals surface area contributed by atoms with Crippen molar-refractivity contribution in [2.24, 2.45) is 11.5 Å². The Morgan fingerprint density at radius 2 is 2.00 bits per heavy atom. The summed E-state index contributed by atoms with van der Waals surface area (Å²) in [5.74, 6) is -0.817. The Labute approximate surface area is 52.0 Å². The Morgan fingerprint density at radius 3 is 2.11 bits per heavy atom. The molecule has 0 aromatic carbocycles. The van der Waals surface area contributed by atoms with Crippen LogP contribution < -0.4 is 11.5 Å². The molecule has 9 heavy (non-hydrogen) atoms. The number of carbonyl (C=O) groups excluding carboxylic acids is 2. The van der Waals surface area contributed by atoms with Crippen LogP contribution in [0.3, 0.4) is 0 Å². The van der Waals surface area contributed by atoms with Gasteiger partial charge in [-0.15, -0.1) is 0 Å². The second kappa shape index (κ2) is 3.03. The van der Waals surface area contributed by atoms with E-state index >= 15 is 0 Å². The predicted molar refractivity (Wildman–Crippen MR) is 29.3 cm³/mol. The second-order valence-corrected chi connectivity index (χ2v) is 1.53. The smallest absolute Gasteiger partial charge is 0.375 e. The van der Waals surface area contributed by atoms with Gasteiger partial charge in [0.2, 0.25) is 0 Å². The van der Waals surface area contributed by atoms with Crippen LogP contribution in [-0.4, -0.2) is 18.1 Å². The molecule has 0 saturated carbocycles. The van der Waals surface area contributed by atoms with Crippen molar-refractivity contribution in [2.75, 3.05) is 0 Å². The van der Waals surface area contributed by atoms with Gasteiger partial charge in [0.05, 0.1) is 0 Å². The fourth-order valence-corrected chi connectivity index (χ4v) is 0.192. The van der Waals surface area contributed by atoms with Crippen LogP contribution in [0.4, 0.5) is 4.79 Å². The lowest BCUT2D eigenvalue weighted by Crippen LogP contribution is -2.32. The van der Waals surface area contributed by atoms with Crippen molar-refractivity contribution in [1.29, 1.82) is 0 Å². The Hall–Kier alpha value is -1.10. The Morgan fingerprint density at radius 1 is 1.56 bits per heavy atom. The molecule has 0 fully saturated rings. The summed E-state index contributed by atoms with van der Waals surface area (Å²) in [5.41, 5.74) is 9.50. The first kappa shape index (κ1) is 7.90. The van der Waals surface area contributed by atoms with Gasteiger partial charge in [-0.1, -0.05) is 0 Å². The molecule has 0 aromatic heterocycles. The van der Waals surface area contributed by atoms with Crippen LogP contribution in [0.15, 0.2) is 0 Å². The van der Waals surface area contributed by atoms with Gasteiger partial charge in [-0.3, -0.25) is 0 Å². The molecule has 1 atom stereocenters. The van der Waals surface area contributed by atoms with E-state index in [0.29, 0.717) is 0 Å². The highest BCUT2D eigenvalue weighted by Gasteiger charge is 2.10. The summed E-state index contributed by atoms with van der Waals surface area (Å²) in [7, 11) is 0. The largest absolute Gasteiger partial charge is 0.412 e. The first-order valence-corrected chi connectivity index (χ1v) is 2.30. The molecular formula is C4H8N2O3. The minimum atomic E-state index is -1.13. The summed E-state index contributed by atoms with van der Waals surface area (Å²) in [4.78, 5) is 20.1. The van der Waals surface area contributed by atoms with Crippen LogP contribution in [0, 0.1) is 0 Å². The Balaban J connectivity index is 3.64. The highest BCUT2D eigenvalue weighted by molar-refractivity contribution is 5.86. The lowest BCUT2D eigenvalue weighted by atomic mass is 10.4. The average molecular weight is 132 g/mol. The van der Waals surface area contributed by atoms with Gasteiger partial charge < -0.3 is 16.2 Å². The summed E-state index contributed by atoms with van der Waals surface area (Å²) in [6.45, 7) is 1.39. The topological polar surface area (TPSA) is 95.4 Å². The lowest BCUT2D eigenvalue weighted by Gasteiger charge is -2.00. The number of nitrogens with two attached hydrogens (primary N) is 2. The molecule has 1 amide bonds. The molecule has 4 N–H and O–H groups in total. The van der Waals surface area contributed by atoms with E-state index in [1.807, 2.05) is 0 Å². The zero-order valence-corrected chi connectivity index (χ0v) is 4.96. The minimum Gasteiger partial charge on any atom is -0.375 e. The highest BCUT2D eigenvalue weighted by Crippen LogP contribution is 1.81. The SMILES string of the molecule is C[C@@H](N)C(=O)OC(N)=O. The molecule has 52 valence electrons. The number of primary amides is 1. The maximum absolute atomic E-state index is 10.3. The fourth-order valence-electron chi connectivity index (χ4n) is 0.192. The third kappa shape index (κ3) is 3.48. The molecule has 0 aromatic rings. The molecule has 0 saturated heterocycles. The van der Waals surface area contributed by atoms with Crippen molar-refractivity contribution in [2.45, 2.75) is 13.0 Å². The van der Waals surface area contributed by atoms with Crippen molar-refractivity contribution in [3.63, 3.8) is 0 Å². The molecule has 0 heterocycles. The molecule has 0 bridgehead atoms. The van der Waals surface area contributed by atoms with Gasteiger partial charge in [0.15, 0.2) is 0 Å². The molecule has 0 rings (SSSR count). The number of amides is 1. The molecule has 0 aliphatic rings.